The van der Waals surface area contributed by atoms with Crippen LogP contribution in [-0.2, 0) is 32.8 Å². The van der Waals surface area contributed by atoms with Crippen LogP contribution < -0.4 is 14.8 Å². The quantitative estimate of drug-likeness (QED) is 0.720. The van der Waals surface area contributed by atoms with Gasteiger partial charge in [-0.2, -0.15) is 13.2 Å². The standard InChI is InChI=1S/C20H20F3N3O4S/c1-30-17-13(7-8-16(25-17)20(21,22)23)19(9-10-19)18(27)26-31(28,29)15-6-2-5-14-12(15)4-3-11-24-14/h2,5-8,24H,3-4,9-11H2,1H3,(H,26,27). The summed E-state index contributed by atoms with van der Waals surface area (Å²) in [5.74, 6) is -1.16. The molecule has 1 saturated carbocycles. The van der Waals surface area contributed by atoms with E-state index in [1.54, 1.807) is 12.1 Å². The maximum absolute atomic E-state index is 13.0. The first kappa shape index (κ1) is 21.4. The second-order valence-electron chi connectivity index (χ2n) is 7.58. The number of carbonyl (C=O) groups is 1. The number of fused-ring (bicyclic) bond motifs is 1. The Hall–Kier alpha value is -2.82. The van der Waals surface area contributed by atoms with Crippen molar-refractivity contribution in [2.75, 3.05) is 19.0 Å². The number of ether oxygens (including phenoxy) is 1. The molecule has 0 bridgehead atoms. The van der Waals surface area contributed by atoms with E-state index < -0.39 is 33.2 Å². The molecule has 1 fully saturated rings. The number of hydrogen-bond acceptors (Lipinski definition) is 6. The van der Waals surface area contributed by atoms with Crippen molar-refractivity contribution < 1.29 is 31.1 Å². The summed E-state index contributed by atoms with van der Waals surface area (Å²) in [5, 5.41) is 3.14. The monoisotopic (exact) mass is 455 g/mol. The number of alkyl halides is 3. The summed E-state index contributed by atoms with van der Waals surface area (Å²) in [6.45, 7) is 0.729. The van der Waals surface area contributed by atoms with Crippen LogP contribution in [-0.4, -0.2) is 33.0 Å². The number of methoxy groups -OCH3 is 1. The summed E-state index contributed by atoms with van der Waals surface area (Å²) in [5.41, 5.74) is -1.01. The van der Waals surface area contributed by atoms with Crippen molar-refractivity contribution in [1.82, 2.24) is 9.71 Å². The normalized spacial score (nSPS) is 17.3. The average Bonchev–Trinajstić information content (AvgIpc) is 3.54. The van der Waals surface area contributed by atoms with Gasteiger partial charge in [-0.15, -0.1) is 0 Å². The molecule has 0 spiro atoms. The number of rotatable bonds is 5. The van der Waals surface area contributed by atoms with Crippen molar-refractivity contribution in [2.45, 2.75) is 42.2 Å². The molecule has 0 atom stereocenters. The second kappa shape index (κ2) is 7.40. The lowest BCUT2D eigenvalue weighted by Gasteiger charge is -2.22. The molecule has 11 heteroatoms. The Morgan fingerprint density at radius 1 is 1.23 bits per heavy atom. The Morgan fingerprint density at radius 2 is 1.97 bits per heavy atom. The number of nitrogens with one attached hydrogen (secondary N) is 2. The topological polar surface area (TPSA) is 97.4 Å². The Kier molecular flexibility index (Phi) is 5.11. The number of benzene rings is 1. The molecule has 4 rings (SSSR count). The SMILES string of the molecule is COc1nc(C(F)(F)F)ccc1C1(C(=O)NS(=O)(=O)c2cccc3c2CCCN3)CC1. The van der Waals surface area contributed by atoms with Gasteiger partial charge in [-0.25, -0.2) is 18.1 Å². The van der Waals surface area contributed by atoms with Crippen LogP contribution in [0.25, 0.3) is 0 Å². The molecule has 1 aromatic heterocycles. The number of pyridine rings is 1. The third-order valence-corrected chi connectivity index (χ3v) is 7.03. The molecule has 31 heavy (non-hydrogen) atoms. The van der Waals surface area contributed by atoms with E-state index in [1.165, 1.54) is 6.07 Å². The fraction of sp³-hybridized carbons (Fsp3) is 0.400. The Bertz CT molecular complexity index is 1140. The minimum atomic E-state index is -4.67. The molecule has 1 amide bonds. The molecule has 7 nitrogen and oxygen atoms in total. The van der Waals surface area contributed by atoms with Crippen molar-refractivity contribution in [2.24, 2.45) is 0 Å². The molecular formula is C20H20F3N3O4S. The van der Waals surface area contributed by atoms with Crippen molar-refractivity contribution in [1.29, 1.82) is 0 Å². The van der Waals surface area contributed by atoms with E-state index in [1.807, 2.05) is 0 Å². The predicted octanol–water partition coefficient (Wildman–Crippen LogP) is 3.00. The zero-order valence-corrected chi connectivity index (χ0v) is 17.4. The minimum absolute atomic E-state index is 0.0128. The van der Waals surface area contributed by atoms with E-state index in [4.69, 9.17) is 4.74 Å². The number of sulfonamides is 1. The van der Waals surface area contributed by atoms with Crippen LogP contribution in [0.1, 0.15) is 36.1 Å². The zero-order valence-electron chi connectivity index (χ0n) is 16.5. The zero-order chi connectivity index (χ0) is 22.4. The van der Waals surface area contributed by atoms with Gasteiger partial charge in [0.05, 0.1) is 17.4 Å². The Morgan fingerprint density at radius 3 is 2.61 bits per heavy atom. The van der Waals surface area contributed by atoms with Crippen LogP contribution in [0, 0.1) is 0 Å². The molecule has 0 saturated heterocycles. The largest absolute Gasteiger partial charge is 0.481 e. The fourth-order valence-electron chi connectivity index (χ4n) is 3.87. The maximum atomic E-state index is 13.0. The molecule has 2 heterocycles. The molecule has 1 aliphatic heterocycles. The fourth-order valence-corrected chi connectivity index (χ4v) is 5.21. The van der Waals surface area contributed by atoms with Crippen LogP contribution in [0.4, 0.5) is 18.9 Å². The third kappa shape index (κ3) is 3.82. The number of carbonyl (C=O) groups excluding carboxylic acids is 1. The van der Waals surface area contributed by atoms with Crippen LogP contribution in [0.3, 0.4) is 0 Å². The van der Waals surface area contributed by atoms with Crippen molar-refractivity contribution in [3.63, 3.8) is 0 Å². The molecular weight excluding hydrogens is 435 g/mol. The molecule has 2 aliphatic rings. The Labute approximate surface area is 177 Å². The summed E-state index contributed by atoms with van der Waals surface area (Å²) in [6, 6.07) is 6.69. The van der Waals surface area contributed by atoms with Gasteiger partial charge in [0.15, 0.2) is 0 Å². The van der Waals surface area contributed by atoms with Gasteiger partial charge in [0.1, 0.15) is 5.69 Å². The van der Waals surface area contributed by atoms with Crippen LogP contribution in [0.15, 0.2) is 35.2 Å². The summed E-state index contributed by atoms with van der Waals surface area (Å²) < 4.78 is 72.0. The van der Waals surface area contributed by atoms with Gasteiger partial charge in [-0.05, 0) is 49.4 Å². The summed E-state index contributed by atoms with van der Waals surface area (Å²) >= 11 is 0. The highest BCUT2D eigenvalue weighted by Crippen LogP contribution is 2.51. The minimum Gasteiger partial charge on any atom is -0.481 e. The van der Waals surface area contributed by atoms with Crippen LogP contribution >= 0.6 is 0 Å². The Balaban J connectivity index is 1.65. The van der Waals surface area contributed by atoms with Gasteiger partial charge in [0.25, 0.3) is 10.0 Å². The number of halogens is 3. The van der Waals surface area contributed by atoms with Gasteiger partial charge in [0.2, 0.25) is 11.8 Å². The third-order valence-electron chi connectivity index (χ3n) is 5.61. The van der Waals surface area contributed by atoms with E-state index in [9.17, 15) is 26.4 Å². The van der Waals surface area contributed by atoms with E-state index in [2.05, 4.69) is 15.0 Å². The molecule has 0 unspecified atom stereocenters. The van der Waals surface area contributed by atoms with Crippen molar-refractivity contribution >= 4 is 21.6 Å². The summed E-state index contributed by atoms with van der Waals surface area (Å²) in [6.07, 6.45) is -2.83. The van der Waals surface area contributed by atoms with E-state index in [0.29, 0.717) is 17.7 Å². The van der Waals surface area contributed by atoms with Gasteiger partial charge < -0.3 is 10.1 Å². The smallest absolute Gasteiger partial charge is 0.433 e. The molecule has 2 aromatic rings. The molecule has 0 radical (unpaired) electrons. The first-order valence-corrected chi connectivity index (χ1v) is 11.1. The van der Waals surface area contributed by atoms with E-state index in [0.717, 1.165) is 32.2 Å². The number of aromatic nitrogens is 1. The lowest BCUT2D eigenvalue weighted by molar-refractivity contribution is -0.141. The first-order chi connectivity index (χ1) is 14.6. The molecule has 2 N–H and O–H groups in total. The van der Waals surface area contributed by atoms with Gasteiger partial charge >= 0.3 is 6.18 Å². The number of amides is 1. The van der Waals surface area contributed by atoms with Crippen LogP contribution in [0.2, 0.25) is 0 Å². The number of hydrogen-bond donors (Lipinski definition) is 2. The molecule has 1 aliphatic carbocycles. The average molecular weight is 455 g/mol. The maximum Gasteiger partial charge on any atom is 0.433 e. The van der Waals surface area contributed by atoms with Gasteiger partial charge in [0, 0.05) is 17.8 Å². The van der Waals surface area contributed by atoms with Crippen molar-refractivity contribution in [3.05, 3.63) is 47.2 Å². The predicted molar refractivity (Wildman–Crippen MR) is 105 cm³/mol. The first-order valence-electron chi connectivity index (χ1n) is 9.64. The second-order valence-corrected chi connectivity index (χ2v) is 9.23. The highest BCUT2D eigenvalue weighted by atomic mass is 32.2. The van der Waals surface area contributed by atoms with Crippen molar-refractivity contribution in [3.8, 4) is 5.88 Å². The summed E-state index contributed by atoms with van der Waals surface area (Å²) in [7, 11) is -3.03. The molecule has 166 valence electrons. The van der Waals surface area contributed by atoms with Gasteiger partial charge in [-0.1, -0.05) is 12.1 Å². The number of nitrogens with zero attached hydrogens (tertiary/aromatic N) is 1. The number of anilines is 1. The van der Waals surface area contributed by atoms with Gasteiger partial charge in [-0.3, -0.25) is 4.79 Å². The summed E-state index contributed by atoms with van der Waals surface area (Å²) in [4.78, 5) is 16.5. The van der Waals surface area contributed by atoms with E-state index >= 15 is 0 Å². The lowest BCUT2D eigenvalue weighted by Crippen LogP contribution is -2.39. The highest BCUT2D eigenvalue weighted by Gasteiger charge is 2.55. The highest BCUT2D eigenvalue weighted by molar-refractivity contribution is 7.90. The lowest BCUT2D eigenvalue weighted by atomic mass is 9.96. The van der Waals surface area contributed by atoms with Crippen LogP contribution in [0.5, 0.6) is 5.88 Å². The van der Waals surface area contributed by atoms with E-state index in [-0.39, 0.29) is 29.2 Å². The molecule has 1 aromatic carbocycles.